The molecule has 0 spiro atoms. The number of hydrogen-bond acceptors (Lipinski definition) is 21. The van der Waals surface area contributed by atoms with Crippen LogP contribution >= 0.6 is 0 Å². The maximum Gasteiger partial charge on any atom is 0.344 e. The lowest BCUT2D eigenvalue weighted by Gasteiger charge is -2.36. The molecule has 11 unspecified atom stereocenters. The van der Waals surface area contributed by atoms with E-state index in [1.807, 2.05) is 6.92 Å². The number of hydrogen-bond donors (Lipinski definition) is 0. The molecule has 5 heterocycles. The molecule has 0 radical (unpaired) electrons. The van der Waals surface area contributed by atoms with E-state index in [1.54, 1.807) is 48.5 Å². The van der Waals surface area contributed by atoms with Crippen molar-refractivity contribution in [1.29, 1.82) is 0 Å². The molecule has 0 amide bonds. The third kappa shape index (κ3) is 21.2. The van der Waals surface area contributed by atoms with Crippen molar-refractivity contribution in [3.8, 4) is 0 Å². The number of esters is 10. The van der Waals surface area contributed by atoms with Crippen molar-refractivity contribution in [2.45, 2.75) is 302 Å². The Balaban J connectivity index is 0.000000207. The first kappa shape index (κ1) is 81.4. The number of rotatable bonds is 17. The second-order valence-electron chi connectivity index (χ2n) is 29.0. The van der Waals surface area contributed by atoms with Crippen LogP contribution in [0.2, 0.25) is 0 Å². The molecule has 0 aromatic carbocycles. The Hall–Kier alpha value is -7.23. The summed E-state index contributed by atoms with van der Waals surface area (Å²) in [6.45, 7) is 46.8. The van der Waals surface area contributed by atoms with Gasteiger partial charge in [-0.2, -0.15) is 0 Å². The van der Waals surface area contributed by atoms with Crippen LogP contribution in [0.5, 0.6) is 0 Å². The van der Waals surface area contributed by atoms with Gasteiger partial charge in [0.2, 0.25) is 5.67 Å². The van der Waals surface area contributed by atoms with Gasteiger partial charge in [-0.1, -0.05) is 80.2 Å². The first-order chi connectivity index (χ1) is 45.8. The average molecular weight is 1380 g/mol. The monoisotopic (exact) mass is 1380 g/mol. The summed E-state index contributed by atoms with van der Waals surface area (Å²) < 4.78 is 71.8. The number of ether oxygens (including phenoxy) is 11. The Labute approximate surface area is 578 Å². The van der Waals surface area contributed by atoms with Crippen LogP contribution in [0.25, 0.3) is 0 Å². The zero-order valence-corrected chi connectivity index (χ0v) is 60.2. The van der Waals surface area contributed by atoms with Gasteiger partial charge in [-0.25, -0.2) is 42.7 Å². The molecule has 11 fully saturated rings. The number of fused-ring (bicyclic) bond motifs is 2. The normalized spacial score (nSPS) is 28.5. The van der Waals surface area contributed by atoms with Gasteiger partial charge in [0.1, 0.15) is 53.4 Å². The molecule has 5 aliphatic heterocycles. The Morgan fingerprint density at radius 2 is 0.929 bits per heavy atom. The SMILES string of the molecule is C=C(C)C(=O)OC1(C(C)C)CCCC1.C=C(C)C(=O)OC1(C)CCCC1.C=C(C)C(=O)OC1(CC)CCCC1.C=C(C)C(=O)OC1(CC)CCCCC1.C=C(C)C(=O)OC1C2CC3C(=O)OC1C3O2.C=C(C)C(=O)OC1C2CC3C1OC(=O)C3(F)C2.C=C(C)C(=O)OC1COC(=O)C1. The van der Waals surface area contributed by atoms with E-state index in [9.17, 15) is 52.3 Å². The molecular weight excluding hydrogens is 1270 g/mol. The van der Waals surface area contributed by atoms with Gasteiger partial charge in [-0.3, -0.25) is 9.59 Å². The van der Waals surface area contributed by atoms with Crippen LogP contribution in [0.1, 0.15) is 231 Å². The first-order valence-electron chi connectivity index (χ1n) is 34.9. The standard InChI is InChI=1S/C12H13FO4.2C12H20O2.C11H12O5.C11H18O2.C10H16O2.C8H10O4/c1-5(2)10(14)16-8-6-3-7-9(8)17-11(15)12(7,13)4-6;1-9(2)11(13)14-12(10(3)4)7-5-6-8-12;1-4-12(8-6-5-7-9-12)14-11(13)10(2)3;1-4(2)10(12)15-8-6-3-5-7(14-6)9(8)16-11(5)13;1-4-11(7-5-6-8-11)13-10(12)9(2)3;1-8(2)9(11)12-10(3)6-4-5-7-10;1-5(2)8(10)12-6-3-7(9)11-4-6/h6-9H,1,3-4H2,2H3;10H,1,5-8H2,2-4H3;2,4-9H2,1,3H3;5-9H,1,3H2,2H3;2,4-8H2,1,3H3;1,4-7H2,2-3H3;6H,1,3-4H2,2H3. The molecule has 5 saturated heterocycles. The minimum absolute atomic E-state index is 0.107. The fourth-order valence-corrected chi connectivity index (χ4v) is 14.1. The maximum atomic E-state index is 14.2. The van der Waals surface area contributed by atoms with E-state index in [1.165, 1.54) is 57.8 Å². The van der Waals surface area contributed by atoms with E-state index >= 15 is 0 Å². The summed E-state index contributed by atoms with van der Waals surface area (Å²) in [5, 5.41) is 0. The lowest BCUT2D eigenvalue weighted by Crippen LogP contribution is -2.41. The van der Waals surface area contributed by atoms with Crippen molar-refractivity contribution in [2.24, 2.45) is 23.7 Å². The third-order valence-corrected chi connectivity index (χ3v) is 20.3. The zero-order chi connectivity index (χ0) is 73.4. The van der Waals surface area contributed by atoms with Gasteiger partial charge in [0.05, 0.1) is 18.4 Å². The van der Waals surface area contributed by atoms with E-state index in [0.29, 0.717) is 57.8 Å². The van der Waals surface area contributed by atoms with Gasteiger partial charge in [0.15, 0.2) is 12.2 Å². The molecular formula is C76H109FO21. The third-order valence-electron chi connectivity index (χ3n) is 20.3. The van der Waals surface area contributed by atoms with Gasteiger partial charge >= 0.3 is 59.7 Å². The number of cyclic esters (lactones) is 1. The fraction of sp³-hybridized carbons (Fsp3) is 0.684. The van der Waals surface area contributed by atoms with Gasteiger partial charge in [0.25, 0.3) is 0 Å². The minimum atomic E-state index is -1.83. The Bertz CT molecular complexity index is 3040. The van der Waals surface area contributed by atoms with Crippen LogP contribution in [0, 0.1) is 23.7 Å². The molecule has 546 valence electrons. The fourth-order valence-electron chi connectivity index (χ4n) is 14.1. The average Bonchev–Trinajstić information content (AvgIpc) is 1.55. The second kappa shape index (κ2) is 35.2. The van der Waals surface area contributed by atoms with Crippen molar-refractivity contribution < 1.29 is 104 Å². The van der Waals surface area contributed by atoms with Gasteiger partial charge in [0, 0.05) is 50.8 Å². The van der Waals surface area contributed by atoms with Crippen molar-refractivity contribution in [2.75, 3.05) is 6.61 Å². The molecule has 21 nitrogen and oxygen atoms in total. The van der Waals surface area contributed by atoms with E-state index in [-0.39, 0.29) is 102 Å². The van der Waals surface area contributed by atoms with Crippen LogP contribution in [0.15, 0.2) is 85.1 Å². The highest BCUT2D eigenvalue weighted by Gasteiger charge is 2.73. The van der Waals surface area contributed by atoms with E-state index in [4.69, 9.17) is 47.4 Å². The van der Waals surface area contributed by atoms with Crippen molar-refractivity contribution >= 4 is 59.7 Å². The summed E-state index contributed by atoms with van der Waals surface area (Å²) >= 11 is 0. The molecule has 0 N–H and O–H groups in total. The molecule has 6 aliphatic carbocycles. The van der Waals surface area contributed by atoms with Crippen LogP contribution in [0.4, 0.5) is 4.39 Å². The number of carbonyl (C=O) groups excluding carboxylic acids is 10. The molecule has 11 rings (SSSR count). The van der Waals surface area contributed by atoms with Crippen LogP contribution < -0.4 is 0 Å². The second-order valence-corrected chi connectivity index (χ2v) is 29.0. The van der Waals surface area contributed by atoms with E-state index < -0.39 is 66.0 Å². The lowest BCUT2D eigenvalue weighted by molar-refractivity contribution is -0.160. The Morgan fingerprint density at radius 1 is 0.510 bits per heavy atom. The highest BCUT2D eigenvalue weighted by Crippen LogP contribution is 2.59. The van der Waals surface area contributed by atoms with Crippen molar-refractivity contribution in [3.63, 3.8) is 0 Å². The summed E-state index contributed by atoms with van der Waals surface area (Å²) in [7, 11) is 0. The van der Waals surface area contributed by atoms with Crippen LogP contribution in [-0.4, -0.2) is 137 Å². The quantitative estimate of drug-likeness (QED) is 0.0743. The highest BCUT2D eigenvalue weighted by molar-refractivity contribution is 5.90. The zero-order valence-electron chi connectivity index (χ0n) is 60.2. The number of halogens is 1. The predicted molar refractivity (Wildman–Crippen MR) is 360 cm³/mol. The van der Waals surface area contributed by atoms with Crippen molar-refractivity contribution in [3.05, 3.63) is 85.1 Å². The summed E-state index contributed by atoms with van der Waals surface area (Å²) in [6, 6.07) is 0. The summed E-state index contributed by atoms with van der Waals surface area (Å²) in [4.78, 5) is 113. The molecule has 11 atom stereocenters. The smallest absolute Gasteiger partial charge is 0.344 e. The highest BCUT2D eigenvalue weighted by atomic mass is 19.1. The van der Waals surface area contributed by atoms with Gasteiger partial charge in [-0.15, -0.1) is 0 Å². The predicted octanol–water partition coefficient (Wildman–Crippen LogP) is 13.3. The molecule has 0 aromatic rings. The topological polar surface area (TPSA) is 272 Å². The summed E-state index contributed by atoms with van der Waals surface area (Å²) in [5.41, 5.74) is 0.336. The molecule has 6 saturated carbocycles. The van der Waals surface area contributed by atoms with Crippen LogP contribution in [0.3, 0.4) is 0 Å². The van der Waals surface area contributed by atoms with Gasteiger partial charge in [-0.05, 0) is 196 Å². The maximum absolute atomic E-state index is 14.2. The van der Waals surface area contributed by atoms with Crippen molar-refractivity contribution in [1.82, 2.24) is 0 Å². The lowest BCUT2D eigenvalue weighted by atomic mass is 9.82. The van der Waals surface area contributed by atoms with Crippen LogP contribution in [-0.2, 0) is 100 Å². The minimum Gasteiger partial charge on any atom is -0.462 e. The summed E-state index contributed by atoms with van der Waals surface area (Å²) in [6.07, 6.45) is 19.1. The Morgan fingerprint density at radius 3 is 1.37 bits per heavy atom. The molecule has 11 aliphatic rings. The molecule has 0 aromatic heterocycles. The summed E-state index contributed by atoms with van der Waals surface area (Å²) in [5.74, 6) is -4.04. The van der Waals surface area contributed by atoms with E-state index in [0.717, 1.165) is 64.2 Å². The molecule has 4 bridgehead atoms. The van der Waals surface area contributed by atoms with E-state index in [2.05, 4.69) is 78.5 Å². The first-order valence-corrected chi connectivity index (χ1v) is 34.9. The molecule has 98 heavy (non-hydrogen) atoms. The number of carbonyl (C=O) groups is 10. The molecule has 22 heteroatoms. The van der Waals surface area contributed by atoms with Gasteiger partial charge < -0.3 is 52.1 Å². The largest absolute Gasteiger partial charge is 0.462 e. The number of alkyl halides is 1. The Kier molecular flexibility index (Phi) is 29.3.